The fraction of sp³-hybridized carbons (Fsp3) is 0.150. The van der Waals surface area contributed by atoms with E-state index in [0.29, 0.717) is 30.1 Å². The van der Waals surface area contributed by atoms with Gasteiger partial charge >= 0.3 is 5.97 Å². The summed E-state index contributed by atoms with van der Waals surface area (Å²) < 4.78 is 4.96. The summed E-state index contributed by atoms with van der Waals surface area (Å²) in [6.07, 6.45) is 1.95. The largest absolute Gasteiger partial charge is 0.462 e. The molecule has 0 radical (unpaired) electrons. The Hall–Kier alpha value is -3.19. The molecular weight excluding hydrogens is 362 g/mol. The van der Waals surface area contributed by atoms with Gasteiger partial charge in [-0.1, -0.05) is 6.07 Å². The minimum absolute atomic E-state index is 0.0745. The Bertz CT molecular complexity index is 891. The highest BCUT2D eigenvalue weighted by Crippen LogP contribution is 2.18. The average molecular weight is 381 g/mol. The number of nitrogens with one attached hydrogen (secondary N) is 2. The number of rotatable bonds is 7. The number of pyridine rings is 1. The number of hydrogen-bond donors (Lipinski definition) is 2. The zero-order valence-electron chi connectivity index (χ0n) is 14.8. The van der Waals surface area contributed by atoms with Crippen molar-refractivity contribution in [3.8, 4) is 0 Å². The summed E-state index contributed by atoms with van der Waals surface area (Å²) in [5.41, 5.74) is 1.93. The number of amides is 1. The van der Waals surface area contributed by atoms with Gasteiger partial charge in [0, 0.05) is 10.6 Å². The van der Waals surface area contributed by atoms with E-state index < -0.39 is 0 Å². The van der Waals surface area contributed by atoms with Gasteiger partial charge < -0.3 is 15.4 Å². The Kier molecular flexibility index (Phi) is 6.17. The third kappa shape index (κ3) is 5.39. The molecule has 2 aromatic heterocycles. The Morgan fingerprint density at radius 2 is 1.85 bits per heavy atom. The number of anilines is 3. The molecule has 2 N–H and O–H groups in total. The quantitative estimate of drug-likeness (QED) is 0.598. The molecule has 0 fully saturated rings. The molecule has 0 atom stereocenters. The van der Waals surface area contributed by atoms with Gasteiger partial charge in [0.05, 0.1) is 30.5 Å². The van der Waals surface area contributed by atoms with E-state index in [9.17, 15) is 9.59 Å². The number of nitrogens with zero attached hydrogens (tertiary/aromatic N) is 1. The van der Waals surface area contributed by atoms with E-state index in [2.05, 4.69) is 15.6 Å². The van der Waals surface area contributed by atoms with Gasteiger partial charge in [0.15, 0.2) is 0 Å². The van der Waals surface area contributed by atoms with Crippen molar-refractivity contribution in [2.45, 2.75) is 13.3 Å². The van der Waals surface area contributed by atoms with E-state index >= 15 is 0 Å². The lowest BCUT2D eigenvalue weighted by Gasteiger charge is -2.08. The van der Waals surface area contributed by atoms with Crippen molar-refractivity contribution in [3.05, 3.63) is 70.5 Å². The van der Waals surface area contributed by atoms with Crippen LogP contribution in [0.2, 0.25) is 0 Å². The van der Waals surface area contributed by atoms with Crippen molar-refractivity contribution in [1.29, 1.82) is 0 Å². The highest BCUT2D eigenvalue weighted by atomic mass is 32.1. The monoisotopic (exact) mass is 381 g/mol. The number of esters is 1. The fourth-order valence-corrected chi connectivity index (χ4v) is 3.07. The molecular formula is C20H19N3O3S. The lowest BCUT2D eigenvalue weighted by Crippen LogP contribution is -2.13. The molecule has 138 valence electrons. The van der Waals surface area contributed by atoms with E-state index in [1.165, 1.54) is 0 Å². The number of carbonyl (C=O) groups is 2. The first-order chi connectivity index (χ1) is 13.1. The summed E-state index contributed by atoms with van der Waals surface area (Å²) in [5, 5.41) is 7.92. The van der Waals surface area contributed by atoms with Crippen LogP contribution in [0.3, 0.4) is 0 Å². The number of benzene rings is 1. The van der Waals surface area contributed by atoms with Crippen LogP contribution >= 0.6 is 11.3 Å². The maximum atomic E-state index is 12.0. The van der Waals surface area contributed by atoms with E-state index in [0.717, 1.165) is 10.6 Å². The number of aromatic nitrogens is 1. The fourth-order valence-electron chi connectivity index (χ4n) is 2.37. The maximum Gasteiger partial charge on any atom is 0.338 e. The first-order valence-corrected chi connectivity index (χ1v) is 9.34. The third-order valence-corrected chi connectivity index (χ3v) is 4.51. The minimum Gasteiger partial charge on any atom is -0.462 e. The number of hydrogen-bond acceptors (Lipinski definition) is 6. The Morgan fingerprint density at radius 1 is 1.07 bits per heavy atom. The van der Waals surface area contributed by atoms with Crippen molar-refractivity contribution < 1.29 is 14.3 Å². The van der Waals surface area contributed by atoms with Crippen LogP contribution < -0.4 is 10.6 Å². The Labute approximate surface area is 161 Å². The number of thiophene rings is 1. The van der Waals surface area contributed by atoms with Crippen LogP contribution in [-0.2, 0) is 16.0 Å². The molecule has 0 aliphatic carbocycles. The highest BCUT2D eigenvalue weighted by Gasteiger charge is 2.07. The molecule has 0 saturated carbocycles. The zero-order valence-corrected chi connectivity index (χ0v) is 15.6. The molecule has 1 amide bonds. The molecule has 6 nitrogen and oxygen atoms in total. The summed E-state index contributed by atoms with van der Waals surface area (Å²) in [4.78, 5) is 29.0. The molecule has 1 aromatic carbocycles. The number of carbonyl (C=O) groups excluding carboxylic acids is 2. The molecule has 0 bridgehead atoms. The lowest BCUT2D eigenvalue weighted by molar-refractivity contribution is -0.115. The predicted octanol–water partition coefficient (Wildman–Crippen LogP) is 4.24. The van der Waals surface area contributed by atoms with E-state index in [1.807, 2.05) is 17.5 Å². The van der Waals surface area contributed by atoms with Gasteiger partial charge in [0.1, 0.15) is 5.82 Å². The van der Waals surface area contributed by atoms with E-state index in [4.69, 9.17) is 4.74 Å². The molecule has 3 aromatic rings. The molecule has 0 unspecified atom stereocenters. The van der Waals surface area contributed by atoms with Gasteiger partial charge in [-0.3, -0.25) is 4.79 Å². The molecule has 0 aliphatic heterocycles. The van der Waals surface area contributed by atoms with Crippen molar-refractivity contribution in [3.63, 3.8) is 0 Å². The molecule has 3 rings (SSSR count). The third-order valence-electron chi connectivity index (χ3n) is 3.63. The standard InChI is InChI=1S/C20H19N3O3S/c1-2-26-20(25)14-5-7-15(8-6-14)22-18-10-9-16(13-21-18)23-19(24)12-17-4-3-11-27-17/h3-11,13H,2,12H2,1H3,(H,21,22)(H,23,24). The summed E-state index contributed by atoms with van der Waals surface area (Å²) in [6.45, 7) is 2.12. The van der Waals surface area contributed by atoms with Crippen molar-refractivity contribution >= 4 is 40.4 Å². The van der Waals surface area contributed by atoms with Crippen LogP contribution in [0.15, 0.2) is 60.1 Å². The normalized spacial score (nSPS) is 10.3. The topological polar surface area (TPSA) is 80.3 Å². The van der Waals surface area contributed by atoms with Crippen molar-refractivity contribution in [2.24, 2.45) is 0 Å². The first kappa shape index (κ1) is 18.6. The van der Waals surface area contributed by atoms with Crippen molar-refractivity contribution in [2.75, 3.05) is 17.2 Å². The van der Waals surface area contributed by atoms with Crippen LogP contribution in [0.1, 0.15) is 22.2 Å². The van der Waals surface area contributed by atoms with Crippen LogP contribution in [0, 0.1) is 0 Å². The summed E-state index contributed by atoms with van der Waals surface area (Å²) in [7, 11) is 0. The van der Waals surface area contributed by atoms with Gasteiger partial charge in [0.25, 0.3) is 0 Å². The zero-order chi connectivity index (χ0) is 19.1. The highest BCUT2D eigenvalue weighted by molar-refractivity contribution is 7.10. The molecule has 0 aliphatic rings. The second kappa shape index (κ2) is 8.95. The second-order valence-electron chi connectivity index (χ2n) is 5.66. The number of ether oxygens (including phenoxy) is 1. The van der Waals surface area contributed by atoms with Gasteiger partial charge in [-0.2, -0.15) is 0 Å². The lowest BCUT2D eigenvalue weighted by atomic mass is 10.2. The van der Waals surface area contributed by atoms with Crippen molar-refractivity contribution in [1.82, 2.24) is 4.98 Å². The molecule has 7 heteroatoms. The molecule has 0 saturated heterocycles. The van der Waals surface area contributed by atoms with Crippen LogP contribution in [0.5, 0.6) is 0 Å². The van der Waals surface area contributed by atoms with Crippen LogP contribution in [-0.4, -0.2) is 23.5 Å². The van der Waals surface area contributed by atoms with E-state index in [1.54, 1.807) is 60.9 Å². The minimum atomic E-state index is -0.343. The Morgan fingerprint density at radius 3 is 2.48 bits per heavy atom. The predicted molar refractivity (Wildman–Crippen MR) is 107 cm³/mol. The SMILES string of the molecule is CCOC(=O)c1ccc(Nc2ccc(NC(=O)Cc3cccs3)cn2)cc1. The van der Waals surface area contributed by atoms with Gasteiger partial charge in [0.2, 0.25) is 5.91 Å². The molecule has 27 heavy (non-hydrogen) atoms. The summed E-state index contributed by atoms with van der Waals surface area (Å²) in [5.74, 6) is 0.217. The molecule has 0 spiro atoms. The van der Waals surface area contributed by atoms with Gasteiger partial charge in [-0.05, 0) is 54.8 Å². The van der Waals surface area contributed by atoms with Crippen LogP contribution in [0.4, 0.5) is 17.2 Å². The molecule has 2 heterocycles. The van der Waals surface area contributed by atoms with E-state index in [-0.39, 0.29) is 11.9 Å². The average Bonchev–Trinajstić information content (AvgIpc) is 3.17. The second-order valence-corrected chi connectivity index (χ2v) is 6.69. The smallest absolute Gasteiger partial charge is 0.338 e. The van der Waals surface area contributed by atoms with Gasteiger partial charge in [-0.25, -0.2) is 9.78 Å². The Balaban J connectivity index is 1.55. The summed E-state index contributed by atoms with van der Waals surface area (Å²) >= 11 is 1.56. The first-order valence-electron chi connectivity index (χ1n) is 8.46. The summed E-state index contributed by atoms with van der Waals surface area (Å²) in [6, 6.07) is 14.4. The van der Waals surface area contributed by atoms with Crippen LogP contribution in [0.25, 0.3) is 0 Å². The maximum absolute atomic E-state index is 12.0. The van der Waals surface area contributed by atoms with Gasteiger partial charge in [-0.15, -0.1) is 11.3 Å².